The van der Waals surface area contributed by atoms with Gasteiger partial charge in [-0.15, -0.1) is 5.10 Å². The summed E-state index contributed by atoms with van der Waals surface area (Å²) in [7, 11) is 1.65. The van der Waals surface area contributed by atoms with Crippen LogP contribution in [0.15, 0.2) is 49.4 Å². The zero-order valence-corrected chi connectivity index (χ0v) is 32.4. The predicted octanol–water partition coefficient (Wildman–Crippen LogP) is 5.06. The van der Waals surface area contributed by atoms with Crippen molar-refractivity contribution in [1.82, 2.24) is 39.4 Å². The van der Waals surface area contributed by atoms with E-state index in [2.05, 4.69) is 50.2 Å². The third-order valence-electron chi connectivity index (χ3n) is 9.75. The second kappa shape index (κ2) is 20.3. The van der Waals surface area contributed by atoms with Gasteiger partial charge in [0.25, 0.3) is 5.88 Å². The molecule has 0 amide bonds. The van der Waals surface area contributed by atoms with Crippen LogP contribution < -0.4 is 14.8 Å². The van der Waals surface area contributed by atoms with Gasteiger partial charge in [0.1, 0.15) is 36.3 Å². The summed E-state index contributed by atoms with van der Waals surface area (Å²) >= 11 is 0. The Morgan fingerprint density at radius 1 is 0.945 bits per heavy atom. The highest BCUT2D eigenvalue weighted by Crippen LogP contribution is 2.35. The molecule has 1 N–H and O–H groups in total. The molecule has 0 radical (unpaired) electrons. The molecule has 1 saturated carbocycles. The van der Waals surface area contributed by atoms with Crippen molar-refractivity contribution in [2.45, 2.75) is 89.8 Å². The van der Waals surface area contributed by atoms with Crippen LogP contribution >= 0.6 is 0 Å². The minimum Gasteiger partial charge on any atom is -0.487 e. The smallest absolute Gasteiger partial charge is 0.256 e. The SMILES string of the molecule is COCCOCCOCCCOc1nn(C2CCC(N3C[C@@H](C)O[C@@H](C)C3)CC2)cc1Nc1ncc(-c2ccc(C#N)c(OC(C)Cn3cncn3)c2)cn1. The van der Waals surface area contributed by atoms with Gasteiger partial charge in [0.2, 0.25) is 5.95 Å². The molecule has 4 aromatic rings. The third kappa shape index (κ3) is 11.7. The molecular formula is C39H54N10O6. The highest BCUT2D eigenvalue weighted by molar-refractivity contribution is 5.67. The van der Waals surface area contributed by atoms with Gasteiger partial charge in [0.15, 0.2) is 0 Å². The fourth-order valence-electron chi connectivity index (χ4n) is 7.15. The predicted molar refractivity (Wildman–Crippen MR) is 204 cm³/mol. The molecule has 0 spiro atoms. The molecule has 1 saturated heterocycles. The Morgan fingerprint density at radius 2 is 1.67 bits per heavy atom. The molecular weight excluding hydrogens is 704 g/mol. The zero-order chi connectivity index (χ0) is 38.4. The number of benzene rings is 1. The van der Waals surface area contributed by atoms with Gasteiger partial charge in [-0.1, -0.05) is 6.07 Å². The average Bonchev–Trinajstić information content (AvgIpc) is 3.85. The number of nitriles is 1. The molecule has 0 bridgehead atoms. The minimum absolute atomic E-state index is 0.241. The fourth-order valence-corrected chi connectivity index (χ4v) is 7.15. The van der Waals surface area contributed by atoms with Crippen molar-refractivity contribution >= 4 is 11.6 Å². The number of methoxy groups -OCH3 is 1. The highest BCUT2D eigenvalue weighted by Gasteiger charge is 2.32. The quantitative estimate of drug-likeness (QED) is 0.119. The van der Waals surface area contributed by atoms with Crippen LogP contribution in [-0.4, -0.2) is 124 Å². The van der Waals surface area contributed by atoms with Gasteiger partial charge in [-0.2, -0.15) is 10.4 Å². The first-order chi connectivity index (χ1) is 26.9. The van der Waals surface area contributed by atoms with Crippen LogP contribution in [0.1, 0.15) is 64.5 Å². The molecule has 296 valence electrons. The molecule has 1 aliphatic heterocycles. The number of rotatable bonds is 20. The Balaban J connectivity index is 1.09. The van der Waals surface area contributed by atoms with Gasteiger partial charge in [-0.05, 0) is 64.2 Å². The third-order valence-corrected chi connectivity index (χ3v) is 9.75. The van der Waals surface area contributed by atoms with Crippen molar-refractivity contribution in [1.29, 1.82) is 5.26 Å². The van der Waals surface area contributed by atoms with Crippen LogP contribution in [0.25, 0.3) is 11.1 Å². The average molecular weight is 759 g/mol. The van der Waals surface area contributed by atoms with Crippen molar-refractivity contribution < 1.29 is 28.4 Å². The van der Waals surface area contributed by atoms with E-state index in [4.69, 9.17) is 33.5 Å². The van der Waals surface area contributed by atoms with Crippen LogP contribution in [0.2, 0.25) is 0 Å². The van der Waals surface area contributed by atoms with Gasteiger partial charge in [0, 0.05) is 57.2 Å². The summed E-state index contributed by atoms with van der Waals surface area (Å²) in [4.78, 5) is 15.9. The van der Waals surface area contributed by atoms with Gasteiger partial charge in [-0.25, -0.2) is 19.6 Å². The molecule has 16 heteroatoms. The van der Waals surface area contributed by atoms with Crippen molar-refractivity contribution in [2.75, 3.05) is 65.2 Å². The first kappa shape index (κ1) is 40.0. The van der Waals surface area contributed by atoms with Gasteiger partial charge in [0.05, 0.1) is 69.6 Å². The summed E-state index contributed by atoms with van der Waals surface area (Å²) in [6.07, 6.45) is 13.9. The number of hydrogen-bond donors (Lipinski definition) is 1. The standard InChI is InChI=1S/C39H54N10O6/c1-28-22-47(23-29(2)54-28)34-8-10-35(11-9-34)49-25-36(38(46-49)53-13-5-12-51-16-17-52-15-14-50-4)45-39-42-20-33(21-43-39)31-6-7-32(19-40)37(18-31)55-30(3)24-48-27-41-26-44-48/h6-7,18,20-21,25-30,34-35H,5,8-17,22-24H2,1-4H3,(H,42,43,45)/t28-,29+,30?,34?,35?. The van der Waals surface area contributed by atoms with E-state index in [1.807, 2.05) is 29.9 Å². The van der Waals surface area contributed by atoms with E-state index in [1.54, 1.807) is 36.6 Å². The van der Waals surface area contributed by atoms with Crippen LogP contribution in [-0.2, 0) is 25.5 Å². The van der Waals surface area contributed by atoms with E-state index in [9.17, 15) is 5.26 Å². The Kier molecular flexibility index (Phi) is 14.8. The molecule has 3 atom stereocenters. The van der Waals surface area contributed by atoms with Crippen LogP contribution in [0.5, 0.6) is 11.6 Å². The number of anilines is 2. The van der Waals surface area contributed by atoms with Crippen LogP contribution in [0.4, 0.5) is 11.6 Å². The summed E-state index contributed by atoms with van der Waals surface area (Å²) in [6, 6.07) is 8.49. The lowest BCUT2D eigenvalue weighted by Gasteiger charge is -2.42. The van der Waals surface area contributed by atoms with Crippen molar-refractivity contribution in [3.63, 3.8) is 0 Å². The second-order valence-corrected chi connectivity index (χ2v) is 14.2. The Hall–Kier alpha value is -4.66. The van der Waals surface area contributed by atoms with E-state index in [-0.39, 0.29) is 24.4 Å². The lowest BCUT2D eigenvalue weighted by molar-refractivity contribution is -0.0852. The summed E-state index contributed by atoms with van der Waals surface area (Å²) in [6.45, 7) is 11.9. The molecule has 1 aromatic carbocycles. The fraction of sp³-hybridized carbons (Fsp3) is 0.590. The molecule has 1 unspecified atom stereocenters. The molecule has 55 heavy (non-hydrogen) atoms. The lowest BCUT2D eigenvalue weighted by atomic mass is 9.89. The molecule has 2 aliphatic rings. The summed E-state index contributed by atoms with van der Waals surface area (Å²) < 4.78 is 38.3. The van der Waals surface area contributed by atoms with E-state index < -0.39 is 0 Å². The highest BCUT2D eigenvalue weighted by atomic mass is 16.5. The van der Waals surface area contributed by atoms with E-state index in [0.29, 0.717) is 87.5 Å². The van der Waals surface area contributed by atoms with E-state index in [1.165, 1.54) is 6.33 Å². The van der Waals surface area contributed by atoms with Crippen LogP contribution in [0, 0.1) is 11.3 Å². The maximum absolute atomic E-state index is 9.72. The largest absolute Gasteiger partial charge is 0.487 e. The van der Waals surface area contributed by atoms with Gasteiger partial charge >= 0.3 is 0 Å². The lowest BCUT2D eigenvalue weighted by Crippen LogP contribution is -2.51. The number of morpholine rings is 1. The monoisotopic (exact) mass is 758 g/mol. The van der Waals surface area contributed by atoms with Crippen molar-refractivity contribution in [2.24, 2.45) is 0 Å². The number of aromatic nitrogens is 7. The minimum atomic E-state index is -0.241. The molecule has 3 aromatic heterocycles. The molecule has 2 fully saturated rings. The van der Waals surface area contributed by atoms with E-state index in [0.717, 1.165) is 49.9 Å². The van der Waals surface area contributed by atoms with Crippen molar-refractivity contribution in [3.05, 3.63) is 55.0 Å². The van der Waals surface area contributed by atoms with E-state index >= 15 is 0 Å². The number of ether oxygens (including phenoxy) is 6. The topological polar surface area (TPSA) is 169 Å². The Morgan fingerprint density at radius 3 is 2.38 bits per heavy atom. The first-order valence-corrected chi connectivity index (χ1v) is 19.3. The molecule has 16 nitrogen and oxygen atoms in total. The maximum Gasteiger partial charge on any atom is 0.256 e. The summed E-state index contributed by atoms with van der Waals surface area (Å²) in [5.74, 6) is 1.39. The number of hydrogen-bond acceptors (Lipinski definition) is 14. The van der Waals surface area contributed by atoms with Gasteiger partial charge in [-0.3, -0.25) is 9.58 Å². The Bertz CT molecular complexity index is 1760. The summed E-state index contributed by atoms with van der Waals surface area (Å²) in [5, 5.41) is 22.1. The molecule has 4 heterocycles. The Labute approximate surface area is 323 Å². The van der Waals surface area contributed by atoms with Crippen LogP contribution in [0.3, 0.4) is 0 Å². The summed E-state index contributed by atoms with van der Waals surface area (Å²) in [5.41, 5.74) is 2.75. The first-order valence-electron chi connectivity index (χ1n) is 19.3. The second-order valence-electron chi connectivity index (χ2n) is 14.2. The number of nitrogens with zero attached hydrogens (tertiary/aromatic N) is 9. The maximum atomic E-state index is 9.72. The normalized spacial score (nSPS) is 20.9. The zero-order valence-electron chi connectivity index (χ0n) is 32.4. The molecule has 1 aliphatic carbocycles. The van der Waals surface area contributed by atoms with Gasteiger partial charge < -0.3 is 33.7 Å². The molecule has 6 rings (SSSR count). The number of nitrogens with one attached hydrogen (secondary N) is 1. The van der Waals surface area contributed by atoms with Crippen molar-refractivity contribution in [3.8, 4) is 28.8 Å².